The first-order valence-electron chi connectivity index (χ1n) is 9.20. The summed E-state index contributed by atoms with van der Waals surface area (Å²) in [7, 11) is -2.91. The number of sulfone groups is 1. The summed E-state index contributed by atoms with van der Waals surface area (Å²) in [4.78, 5) is 14.6. The van der Waals surface area contributed by atoms with E-state index in [4.69, 9.17) is 0 Å². The summed E-state index contributed by atoms with van der Waals surface area (Å²) >= 11 is 0. The zero-order chi connectivity index (χ0) is 18.6. The van der Waals surface area contributed by atoms with Gasteiger partial charge in [-0.1, -0.05) is 43.3 Å². The van der Waals surface area contributed by atoms with Crippen molar-refractivity contribution in [1.82, 2.24) is 4.90 Å². The first kappa shape index (κ1) is 18.9. The van der Waals surface area contributed by atoms with Gasteiger partial charge in [0.1, 0.15) is 0 Å². The van der Waals surface area contributed by atoms with Crippen LogP contribution in [-0.2, 0) is 14.6 Å². The Morgan fingerprint density at radius 1 is 1.15 bits per heavy atom. The largest absolute Gasteiger partial charge is 0.325 e. The van der Waals surface area contributed by atoms with E-state index in [1.54, 1.807) is 0 Å². The molecule has 0 saturated carbocycles. The van der Waals surface area contributed by atoms with Gasteiger partial charge in [0, 0.05) is 30.1 Å². The fourth-order valence-electron chi connectivity index (χ4n) is 3.62. The Labute approximate surface area is 155 Å². The number of amides is 1. The number of rotatable bonds is 7. The van der Waals surface area contributed by atoms with Crippen LogP contribution in [0.1, 0.15) is 26.2 Å². The quantitative estimate of drug-likeness (QED) is 0.809. The molecule has 1 N–H and O–H groups in total. The second kappa shape index (κ2) is 8.18. The van der Waals surface area contributed by atoms with E-state index in [9.17, 15) is 13.2 Å². The van der Waals surface area contributed by atoms with Crippen LogP contribution in [0.15, 0.2) is 42.5 Å². The highest BCUT2D eigenvalue weighted by Crippen LogP contribution is 2.23. The monoisotopic (exact) mass is 374 g/mol. The number of fused-ring (bicyclic) bond motifs is 1. The van der Waals surface area contributed by atoms with E-state index in [1.165, 1.54) is 0 Å². The van der Waals surface area contributed by atoms with E-state index in [2.05, 4.69) is 17.1 Å². The highest BCUT2D eigenvalue weighted by Gasteiger charge is 2.31. The summed E-state index contributed by atoms with van der Waals surface area (Å²) in [6, 6.07) is 13.9. The Kier molecular flexibility index (Phi) is 5.94. The van der Waals surface area contributed by atoms with E-state index in [0.717, 1.165) is 29.4 Å². The van der Waals surface area contributed by atoms with Gasteiger partial charge in [0.15, 0.2) is 9.84 Å². The van der Waals surface area contributed by atoms with E-state index in [1.807, 2.05) is 42.5 Å². The zero-order valence-corrected chi connectivity index (χ0v) is 16.0. The minimum atomic E-state index is -2.91. The number of nitrogens with one attached hydrogen (secondary N) is 1. The van der Waals surface area contributed by atoms with E-state index >= 15 is 0 Å². The van der Waals surface area contributed by atoms with Gasteiger partial charge in [-0.05, 0) is 30.8 Å². The molecule has 5 nitrogen and oxygen atoms in total. The number of carbonyl (C=O) groups is 1. The van der Waals surface area contributed by atoms with Gasteiger partial charge in [-0.2, -0.15) is 0 Å². The summed E-state index contributed by atoms with van der Waals surface area (Å²) < 4.78 is 23.5. The molecule has 0 radical (unpaired) electrons. The van der Waals surface area contributed by atoms with Crippen molar-refractivity contribution in [2.24, 2.45) is 0 Å². The van der Waals surface area contributed by atoms with E-state index in [0.29, 0.717) is 19.4 Å². The van der Waals surface area contributed by atoms with Gasteiger partial charge in [-0.25, -0.2) is 8.42 Å². The van der Waals surface area contributed by atoms with Crippen LogP contribution in [0.3, 0.4) is 0 Å². The van der Waals surface area contributed by atoms with Gasteiger partial charge < -0.3 is 5.32 Å². The zero-order valence-electron chi connectivity index (χ0n) is 15.1. The molecule has 0 bridgehead atoms. The number of benzene rings is 2. The lowest BCUT2D eigenvalue weighted by atomic mass is 10.1. The summed E-state index contributed by atoms with van der Waals surface area (Å²) in [6.07, 6.45) is 1.98. The topological polar surface area (TPSA) is 66.5 Å². The molecule has 0 aromatic heterocycles. The van der Waals surface area contributed by atoms with Crippen molar-refractivity contribution in [3.8, 4) is 0 Å². The Balaban J connectivity index is 1.61. The van der Waals surface area contributed by atoms with Gasteiger partial charge in [-0.15, -0.1) is 0 Å². The molecule has 2 aromatic carbocycles. The van der Waals surface area contributed by atoms with Crippen molar-refractivity contribution in [1.29, 1.82) is 0 Å². The lowest BCUT2D eigenvalue weighted by Crippen LogP contribution is -2.38. The van der Waals surface area contributed by atoms with Crippen molar-refractivity contribution < 1.29 is 13.2 Å². The number of anilines is 1. The first-order valence-corrected chi connectivity index (χ1v) is 11.0. The molecule has 1 saturated heterocycles. The Hall–Kier alpha value is -1.92. The SMILES string of the molecule is CCCN(CCC(=O)Nc1cccc2ccccc12)C1CCS(=O)(=O)C1. The lowest BCUT2D eigenvalue weighted by Gasteiger charge is -2.27. The third-order valence-electron chi connectivity index (χ3n) is 4.93. The lowest BCUT2D eigenvalue weighted by molar-refractivity contribution is -0.116. The summed E-state index contributed by atoms with van der Waals surface area (Å²) in [5, 5.41) is 5.12. The summed E-state index contributed by atoms with van der Waals surface area (Å²) in [5.74, 6) is 0.446. The summed E-state index contributed by atoms with van der Waals surface area (Å²) in [6.45, 7) is 3.49. The second-order valence-corrected chi connectivity index (χ2v) is 9.15. The van der Waals surface area contributed by atoms with Gasteiger partial charge >= 0.3 is 0 Å². The minimum absolute atomic E-state index is 0.0386. The fourth-order valence-corrected chi connectivity index (χ4v) is 5.38. The molecule has 1 atom stereocenters. The maximum atomic E-state index is 12.5. The molecule has 26 heavy (non-hydrogen) atoms. The molecular weight excluding hydrogens is 348 g/mol. The Morgan fingerprint density at radius 3 is 2.65 bits per heavy atom. The van der Waals surface area contributed by atoms with Crippen LogP contribution in [0.4, 0.5) is 5.69 Å². The van der Waals surface area contributed by atoms with E-state index in [-0.39, 0.29) is 23.5 Å². The average molecular weight is 375 g/mol. The minimum Gasteiger partial charge on any atom is -0.325 e. The second-order valence-electron chi connectivity index (χ2n) is 6.92. The predicted octanol–water partition coefficient (Wildman–Crippen LogP) is 3.07. The molecule has 1 fully saturated rings. The number of carbonyl (C=O) groups excluding carboxylic acids is 1. The van der Waals surface area contributed by atoms with Crippen LogP contribution >= 0.6 is 0 Å². The molecule has 0 aliphatic carbocycles. The Bertz CT molecular complexity index is 874. The fraction of sp³-hybridized carbons (Fsp3) is 0.450. The molecular formula is C20H26N2O3S. The molecule has 0 spiro atoms. The molecule has 140 valence electrons. The van der Waals surface area contributed by atoms with Crippen molar-refractivity contribution in [2.75, 3.05) is 29.9 Å². The van der Waals surface area contributed by atoms with Crippen molar-refractivity contribution in [3.05, 3.63) is 42.5 Å². The molecule has 1 amide bonds. The molecule has 1 aliphatic rings. The van der Waals surface area contributed by atoms with Crippen LogP contribution in [0.5, 0.6) is 0 Å². The van der Waals surface area contributed by atoms with Gasteiger partial charge in [0.2, 0.25) is 5.91 Å². The number of nitrogens with zero attached hydrogens (tertiary/aromatic N) is 1. The van der Waals surface area contributed by atoms with Gasteiger partial charge in [-0.3, -0.25) is 9.69 Å². The van der Waals surface area contributed by atoms with Crippen LogP contribution in [0, 0.1) is 0 Å². The number of hydrogen-bond acceptors (Lipinski definition) is 4. The third kappa shape index (κ3) is 4.62. The maximum absolute atomic E-state index is 12.5. The summed E-state index contributed by atoms with van der Waals surface area (Å²) in [5.41, 5.74) is 0.818. The normalized spacial score (nSPS) is 19.1. The van der Waals surface area contributed by atoms with Crippen molar-refractivity contribution in [2.45, 2.75) is 32.2 Å². The molecule has 1 aliphatic heterocycles. The van der Waals surface area contributed by atoms with Gasteiger partial charge in [0.05, 0.1) is 11.5 Å². The molecule has 1 unspecified atom stereocenters. The van der Waals surface area contributed by atoms with Crippen LogP contribution in [-0.4, -0.2) is 49.9 Å². The standard InChI is InChI=1S/C20H26N2O3S/c1-2-12-22(17-11-14-26(24,25)15-17)13-10-20(23)21-19-9-5-7-16-6-3-4-8-18(16)19/h3-9,17H,2,10-15H2,1H3,(H,21,23). The van der Waals surface area contributed by atoms with Crippen LogP contribution in [0.2, 0.25) is 0 Å². The average Bonchev–Trinajstić information content (AvgIpc) is 2.98. The predicted molar refractivity (Wildman–Crippen MR) is 106 cm³/mol. The third-order valence-corrected chi connectivity index (χ3v) is 6.68. The highest BCUT2D eigenvalue weighted by molar-refractivity contribution is 7.91. The molecule has 1 heterocycles. The Morgan fingerprint density at radius 2 is 1.92 bits per heavy atom. The van der Waals surface area contributed by atoms with Crippen LogP contribution in [0.25, 0.3) is 10.8 Å². The first-order chi connectivity index (χ1) is 12.5. The maximum Gasteiger partial charge on any atom is 0.225 e. The smallest absolute Gasteiger partial charge is 0.225 e. The van der Waals surface area contributed by atoms with Crippen LogP contribution < -0.4 is 5.32 Å². The van der Waals surface area contributed by atoms with Crippen molar-refractivity contribution >= 4 is 32.2 Å². The molecule has 3 rings (SSSR count). The highest BCUT2D eigenvalue weighted by atomic mass is 32.2. The molecule has 6 heteroatoms. The number of hydrogen-bond donors (Lipinski definition) is 1. The van der Waals surface area contributed by atoms with E-state index < -0.39 is 9.84 Å². The van der Waals surface area contributed by atoms with Gasteiger partial charge in [0.25, 0.3) is 0 Å². The molecule has 2 aromatic rings. The van der Waals surface area contributed by atoms with Crippen molar-refractivity contribution in [3.63, 3.8) is 0 Å².